The van der Waals surface area contributed by atoms with Crippen molar-refractivity contribution in [3.05, 3.63) is 284 Å². The lowest BCUT2D eigenvalue weighted by molar-refractivity contribution is -0.131. The molecule has 7 aromatic carbocycles. The molecule has 17 N–H and O–H groups in total. The number of rotatable bonds is 25. The Balaban J connectivity index is 0.000000128. The van der Waals surface area contributed by atoms with Crippen molar-refractivity contribution in [2.24, 2.45) is 11.8 Å². The number of likely N-dealkylation sites (tertiary alicyclic amines) is 2. The molecule has 0 bridgehead atoms. The van der Waals surface area contributed by atoms with Crippen LogP contribution in [0.4, 0.5) is 63.8 Å². The summed E-state index contributed by atoms with van der Waals surface area (Å²) in [5.41, 5.74) is 59.1. The Bertz CT molecular complexity index is 6880. The van der Waals surface area contributed by atoms with Crippen molar-refractivity contribution in [1.82, 2.24) is 74.6 Å². The summed E-state index contributed by atoms with van der Waals surface area (Å²) < 4.78 is 5.38. The molecule has 20 rings (SSSR count). The van der Waals surface area contributed by atoms with E-state index in [2.05, 4.69) is 185 Å². The predicted molar refractivity (Wildman–Crippen MR) is 563 cm³/mol. The monoisotopic (exact) mass is 1910 g/mol. The zero-order valence-electron chi connectivity index (χ0n) is 79.6. The van der Waals surface area contributed by atoms with Crippen molar-refractivity contribution >= 4 is 129 Å². The van der Waals surface area contributed by atoms with Crippen LogP contribution in [-0.2, 0) is 46.4 Å². The maximum atomic E-state index is 12.0. The van der Waals surface area contributed by atoms with E-state index < -0.39 is 11.6 Å². The van der Waals surface area contributed by atoms with E-state index in [0.717, 1.165) is 189 Å². The minimum absolute atomic E-state index is 0.201. The van der Waals surface area contributed by atoms with Crippen LogP contribution in [0.3, 0.4) is 0 Å². The number of benzene rings is 7. The van der Waals surface area contributed by atoms with E-state index in [1.165, 1.54) is 70.7 Å². The van der Waals surface area contributed by atoms with Crippen LogP contribution in [-0.4, -0.2) is 155 Å². The second-order valence-corrected chi connectivity index (χ2v) is 36.9. The van der Waals surface area contributed by atoms with Gasteiger partial charge in [-0.3, -0.25) is 9.78 Å². The molecule has 0 atom stereocenters. The highest BCUT2D eigenvalue weighted by Gasteiger charge is 2.34. The number of aromatic nitrogens is 13. The van der Waals surface area contributed by atoms with Crippen LogP contribution in [0.15, 0.2) is 212 Å². The van der Waals surface area contributed by atoms with Crippen molar-refractivity contribution < 1.29 is 24.2 Å². The highest BCUT2D eigenvalue weighted by Crippen LogP contribution is 2.39. The molecule has 7 aromatic heterocycles. The standard InChI is InChI=1S/C21H19ClN4.C21H29N5O2.C18H22ClN5O.C17H16N4.C16H16N4.C15H15N3O2/c22-16-9-7-14(8-10-16)11-12-24-20-13-19(25-21(23)26-20)18-6-2-4-15-3-1-5-17(15)18;1-13-7-6-8-16(14(13)2)17-9-18(25-19(22)24-17)23-10-15-11-26(12-15)20(27)28-21(3,4)5;1-12-5-2-6-13(17(12)19)14-11-15(23-18(20)22-14)21-8-4-10-24-9-3-7-16(24)25;18-17-20-12(9-11-6-7-11)10-16(21-17)14-3-1-5-15-13(14)4-2-8-19-15;17-16-19-14(9-15(20-16)18-11-7-8-11)13-6-2-4-10-3-1-5-12(10)13;1-2-12-9-13(18-15(16)17-12)11-6-3-10(4-7-11)5-8-14(19)20/h1-2,4-10,13H,3,11-12H2,(H3,23,24,25,26);6-9,15H,10-12H2,1-5H3,(H3,22,23,24,25);2,5-6,11H,3-4,7-10H2,1H3,(H3,20,21,22,23);1-5,8,10-11H,6-7,9H2,(H2,18,20,21);1-2,4-6,9,11H,3,7-8H2,(H3,17,18,19,20);3-9H,2H2,1H3,(H,19,20)(H2,16,17,18)/b;;;;;8-5+. The number of allylic oxidation sites excluding steroid dienone is 2. The predicted octanol–water partition coefficient (Wildman–Crippen LogP) is 19.8. The lowest BCUT2D eigenvalue weighted by Crippen LogP contribution is -2.53. The maximum Gasteiger partial charge on any atom is 0.410 e. The maximum absolute atomic E-state index is 12.0. The molecule has 2 saturated heterocycles. The highest BCUT2D eigenvalue weighted by molar-refractivity contribution is 6.34. The Morgan fingerprint density at radius 1 is 0.536 bits per heavy atom. The molecule has 2 amide bonds. The third-order valence-corrected chi connectivity index (χ3v) is 24.8. The number of carbonyl (C=O) groups excluding carboxylic acids is 2. The van der Waals surface area contributed by atoms with Gasteiger partial charge in [-0.1, -0.05) is 182 Å². The summed E-state index contributed by atoms with van der Waals surface area (Å²) in [5, 5.41) is 24.4. The van der Waals surface area contributed by atoms with Gasteiger partial charge in [0.05, 0.1) is 44.7 Å². The molecular weight excluding hydrogens is 1800 g/mol. The fraction of sp³-hybridized carbons (Fsp3) is 0.278. The topological polar surface area (TPSA) is 459 Å². The van der Waals surface area contributed by atoms with Crippen LogP contribution in [0.5, 0.6) is 0 Å². The molecule has 4 aliphatic carbocycles. The quantitative estimate of drug-likeness (QED) is 0.0187. The normalized spacial score (nSPS) is 13.7. The summed E-state index contributed by atoms with van der Waals surface area (Å²) in [6, 6.07) is 62.2. The molecular formula is C108H117Cl2N25O5. The first-order valence-corrected chi connectivity index (χ1v) is 47.9. The summed E-state index contributed by atoms with van der Waals surface area (Å²) in [5.74, 6) is 4.99. The summed E-state index contributed by atoms with van der Waals surface area (Å²) in [7, 11) is 0. The molecule has 718 valence electrons. The number of fused-ring (bicyclic) bond motifs is 3. The first-order valence-electron chi connectivity index (χ1n) is 47.1. The van der Waals surface area contributed by atoms with E-state index in [1.807, 2.05) is 167 Å². The molecule has 30 nitrogen and oxygen atoms in total. The smallest absolute Gasteiger partial charge is 0.410 e. The highest BCUT2D eigenvalue weighted by atomic mass is 35.5. The molecule has 6 aliphatic rings. The number of carbonyl (C=O) groups is 3. The van der Waals surface area contributed by atoms with Crippen molar-refractivity contribution in [2.45, 2.75) is 137 Å². The Labute approximate surface area is 825 Å². The number of aryl methyl sites for hydroxylation is 3. The Morgan fingerprint density at radius 2 is 1.06 bits per heavy atom. The Hall–Kier alpha value is -15.6. The number of carboxylic acid groups (broad SMARTS) is 1. The molecule has 0 unspecified atom stereocenters. The molecule has 0 radical (unpaired) electrons. The van der Waals surface area contributed by atoms with E-state index in [9.17, 15) is 14.4 Å². The van der Waals surface area contributed by atoms with E-state index in [0.29, 0.717) is 78.8 Å². The number of nitrogens with two attached hydrogens (primary N) is 6. The van der Waals surface area contributed by atoms with Crippen LogP contribution in [0, 0.1) is 32.6 Å². The number of aliphatic carboxylic acids is 1. The average Bonchev–Trinajstić information content (AvgIpc) is 1.53. The van der Waals surface area contributed by atoms with E-state index >= 15 is 0 Å². The average molecular weight is 1920 g/mol. The Morgan fingerprint density at radius 3 is 1.65 bits per heavy atom. The fourth-order valence-electron chi connectivity index (χ4n) is 16.4. The minimum Gasteiger partial charge on any atom is -0.478 e. The van der Waals surface area contributed by atoms with Crippen LogP contribution < -0.4 is 55.7 Å². The largest absolute Gasteiger partial charge is 0.478 e. The van der Waals surface area contributed by atoms with Crippen molar-refractivity contribution in [3.8, 4) is 67.5 Å². The number of pyridine rings is 1. The van der Waals surface area contributed by atoms with Gasteiger partial charge in [0.2, 0.25) is 41.6 Å². The second-order valence-electron chi connectivity index (χ2n) is 36.1. The first-order chi connectivity index (χ1) is 67.5. The first kappa shape index (κ1) is 98.9. The molecule has 2 aliphatic heterocycles. The lowest BCUT2D eigenvalue weighted by atomic mass is 10.00. The van der Waals surface area contributed by atoms with Gasteiger partial charge in [-0.05, 0) is 211 Å². The van der Waals surface area contributed by atoms with E-state index in [-0.39, 0.29) is 35.8 Å². The number of nitrogen functional groups attached to an aromatic ring is 6. The molecule has 32 heteroatoms. The molecule has 9 heterocycles. The van der Waals surface area contributed by atoms with Crippen molar-refractivity contribution in [3.63, 3.8) is 0 Å². The van der Waals surface area contributed by atoms with E-state index in [1.54, 1.807) is 11.1 Å². The summed E-state index contributed by atoms with van der Waals surface area (Å²) in [6.07, 6.45) is 25.0. The lowest BCUT2D eigenvalue weighted by Gasteiger charge is -2.39. The molecule has 4 fully saturated rings. The number of hydrogen-bond acceptors (Lipinski definition) is 27. The van der Waals surface area contributed by atoms with Gasteiger partial charge in [0.25, 0.3) is 0 Å². The summed E-state index contributed by atoms with van der Waals surface area (Å²) in [4.78, 5) is 93.9. The third kappa shape index (κ3) is 27.7. The van der Waals surface area contributed by atoms with Crippen LogP contribution >= 0.6 is 23.2 Å². The summed E-state index contributed by atoms with van der Waals surface area (Å²) in [6.45, 7) is 18.9. The number of nitrogens with zero attached hydrogens (tertiary/aromatic N) is 15. The Kier molecular flexibility index (Phi) is 32.6. The second kappa shape index (κ2) is 46.1. The van der Waals surface area contributed by atoms with Gasteiger partial charge in [-0.2, -0.15) is 19.9 Å². The minimum atomic E-state index is -0.967. The number of halogens is 2. The number of amides is 2. The van der Waals surface area contributed by atoms with E-state index in [4.69, 9.17) is 67.4 Å². The van der Waals surface area contributed by atoms with Crippen molar-refractivity contribution in [2.75, 3.05) is 101 Å². The third-order valence-electron chi connectivity index (χ3n) is 24.0. The molecule has 14 aromatic rings. The van der Waals surface area contributed by atoms with Crippen molar-refractivity contribution in [1.29, 1.82) is 0 Å². The number of ether oxygens (including phenoxy) is 1. The van der Waals surface area contributed by atoms with Gasteiger partial charge in [-0.25, -0.2) is 49.5 Å². The number of anilines is 10. The number of carboxylic acids is 1. The van der Waals surface area contributed by atoms with Gasteiger partial charge in [-0.15, -0.1) is 0 Å². The molecule has 140 heavy (non-hydrogen) atoms. The molecule has 0 spiro atoms. The van der Waals surface area contributed by atoms with Crippen LogP contribution in [0.2, 0.25) is 10.0 Å². The van der Waals surface area contributed by atoms with Gasteiger partial charge in [0.1, 0.15) is 28.9 Å². The van der Waals surface area contributed by atoms with Crippen LogP contribution in [0.25, 0.3) is 96.7 Å². The fourth-order valence-corrected chi connectivity index (χ4v) is 16.8. The van der Waals surface area contributed by atoms with Gasteiger partial charge < -0.3 is 75.3 Å². The van der Waals surface area contributed by atoms with Gasteiger partial charge >= 0.3 is 12.1 Å². The zero-order chi connectivity index (χ0) is 98.5. The van der Waals surface area contributed by atoms with Gasteiger partial charge in [0.15, 0.2) is 0 Å². The van der Waals surface area contributed by atoms with Gasteiger partial charge in [0, 0.05) is 156 Å². The van der Waals surface area contributed by atoms with Crippen LogP contribution in [0.1, 0.15) is 134 Å². The molecule has 2 saturated carbocycles. The summed E-state index contributed by atoms with van der Waals surface area (Å²) >= 11 is 12.3. The number of hydrogen-bond donors (Lipinski definition) is 11. The zero-order valence-corrected chi connectivity index (χ0v) is 81.1. The number of nitrogens with one attached hydrogen (secondary N) is 4. The SMILES string of the molecule is CCc1cc(-c2ccc(/C=C/C(=O)O)cc2)nc(N)n1.Cc1cccc(-c2cc(NCC3CN(C(=O)OC(C)(C)C)C3)nc(N)n2)c1C.Cc1cccc(-c2cc(NCCCN3CCCC3=O)nc(N)n2)c1Cl.Nc1nc(CC2CC2)cc(-c2cccc3ncccc23)n1.Nc1nc(NC2CC2)cc(-c2cccc3c2C=CC3)n1.Nc1nc(NCCc2ccc(Cl)cc2)cc(-c2cccc3c2C=CC3)n1.